The summed E-state index contributed by atoms with van der Waals surface area (Å²) >= 11 is 0. The van der Waals surface area contributed by atoms with Crippen molar-refractivity contribution in [1.82, 2.24) is 9.88 Å². The Morgan fingerprint density at radius 1 is 1.17 bits per heavy atom. The van der Waals surface area contributed by atoms with Crippen LogP contribution in [0.1, 0.15) is 27.8 Å². The molecule has 1 aliphatic rings. The average molecular weight is 325 g/mol. The fraction of sp³-hybridized carbons (Fsp3) is 0.176. The van der Waals surface area contributed by atoms with E-state index < -0.39 is 17.7 Å². The number of hydrogen-bond acceptors (Lipinski definition) is 5. The summed E-state index contributed by atoms with van der Waals surface area (Å²) in [5.74, 6) is -0.835. The number of anilines is 1. The summed E-state index contributed by atoms with van der Waals surface area (Å²) < 4.78 is 5.32. The van der Waals surface area contributed by atoms with Crippen LogP contribution in [0, 0.1) is 0 Å². The van der Waals surface area contributed by atoms with Crippen LogP contribution in [0.15, 0.2) is 42.6 Å². The van der Waals surface area contributed by atoms with Crippen LogP contribution in [0.2, 0.25) is 0 Å². The molecule has 7 nitrogen and oxygen atoms in total. The van der Waals surface area contributed by atoms with E-state index in [0.29, 0.717) is 18.0 Å². The van der Waals surface area contributed by atoms with Gasteiger partial charge in [-0.1, -0.05) is 0 Å². The van der Waals surface area contributed by atoms with Gasteiger partial charge in [-0.2, -0.15) is 0 Å². The largest absolute Gasteiger partial charge is 0.494 e. The molecule has 1 aromatic heterocycles. The van der Waals surface area contributed by atoms with Gasteiger partial charge in [-0.25, -0.2) is 0 Å². The molecule has 3 amide bonds. The summed E-state index contributed by atoms with van der Waals surface area (Å²) in [7, 11) is 0. The maximum Gasteiger partial charge on any atom is 0.280 e. The molecule has 3 rings (SSSR count). The number of pyridine rings is 1. The molecule has 2 heterocycles. The summed E-state index contributed by atoms with van der Waals surface area (Å²) in [6.45, 7) is 2.08. The second-order valence-corrected chi connectivity index (χ2v) is 5.10. The molecule has 0 fully saturated rings. The first-order chi connectivity index (χ1) is 11.6. The number of carbonyl (C=O) groups is 3. The first-order valence-electron chi connectivity index (χ1n) is 7.44. The van der Waals surface area contributed by atoms with Gasteiger partial charge in [0.05, 0.1) is 12.2 Å². The molecule has 0 aliphatic carbocycles. The van der Waals surface area contributed by atoms with Crippen molar-refractivity contribution in [2.24, 2.45) is 0 Å². The Labute approximate surface area is 138 Å². The maximum atomic E-state index is 12.2. The molecule has 0 saturated heterocycles. The van der Waals surface area contributed by atoms with Gasteiger partial charge in [0.2, 0.25) is 5.91 Å². The molecule has 1 aromatic carbocycles. The van der Waals surface area contributed by atoms with Gasteiger partial charge < -0.3 is 10.1 Å². The molecular weight excluding hydrogens is 310 g/mol. The molecule has 122 valence electrons. The number of benzene rings is 1. The van der Waals surface area contributed by atoms with Gasteiger partial charge in [0, 0.05) is 11.9 Å². The van der Waals surface area contributed by atoms with Crippen LogP contribution in [0.5, 0.6) is 5.75 Å². The standard InChI is InChI=1S/C17H15N3O4/c1-2-24-12-7-5-11(6-8-12)19-14(21)10-20-16(22)13-4-3-9-18-15(13)17(20)23/h3-9H,2,10H2,1H3,(H,19,21). The lowest BCUT2D eigenvalue weighted by Gasteiger charge is -2.13. The summed E-state index contributed by atoms with van der Waals surface area (Å²) in [6.07, 6.45) is 1.44. The number of carbonyl (C=O) groups excluding carboxylic acids is 3. The Kier molecular flexibility index (Phi) is 4.24. The summed E-state index contributed by atoms with van der Waals surface area (Å²) in [5.41, 5.74) is 0.853. The van der Waals surface area contributed by atoms with Crippen molar-refractivity contribution in [3.8, 4) is 5.75 Å². The highest BCUT2D eigenvalue weighted by Gasteiger charge is 2.37. The third-order valence-corrected chi connectivity index (χ3v) is 3.48. The van der Waals surface area contributed by atoms with Gasteiger partial charge in [-0.15, -0.1) is 0 Å². The lowest BCUT2D eigenvalue weighted by atomic mass is 10.2. The highest BCUT2D eigenvalue weighted by atomic mass is 16.5. The van der Waals surface area contributed by atoms with E-state index in [9.17, 15) is 14.4 Å². The van der Waals surface area contributed by atoms with E-state index in [0.717, 1.165) is 4.90 Å². The minimum Gasteiger partial charge on any atom is -0.494 e. The normalized spacial score (nSPS) is 13.0. The second-order valence-electron chi connectivity index (χ2n) is 5.10. The van der Waals surface area contributed by atoms with Crippen LogP contribution in [0.3, 0.4) is 0 Å². The topological polar surface area (TPSA) is 88.6 Å². The number of hydrogen-bond donors (Lipinski definition) is 1. The van der Waals surface area contributed by atoms with Gasteiger partial charge in [0.25, 0.3) is 11.8 Å². The van der Waals surface area contributed by atoms with E-state index in [2.05, 4.69) is 10.3 Å². The minimum atomic E-state index is -0.558. The van der Waals surface area contributed by atoms with Crippen molar-refractivity contribution in [3.63, 3.8) is 0 Å². The molecule has 1 N–H and O–H groups in total. The highest BCUT2D eigenvalue weighted by Crippen LogP contribution is 2.20. The zero-order valence-electron chi connectivity index (χ0n) is 13.0. The van der Waals surface area contributed by atoms with Crippen LogP contribution < -0.4 is 10.1 Å². The summed E-state index contributed by atoms with van der Waals surface area (Å²) in [6, 6.07) is 9.93. The van der Waals surface area contributed by atoms with Crippen molar-refractivity contribution < 1.29 is 19.1 Å². The van der Waals surface area contributed by atoms with E-state index in [1.54, 1.807) is 30.3 Å². The first-order valence-corrected chi connectivity index (χ1v) is 7.44. The molecule has 0 saturated carbocycles. The Balaban J connectivity index is 1.65. The number of ether oxygens (including phenoxy) is 1. The maximum absolute atomic E-state index is 12.2. The van der Waals surface area contributed by atoms with Crippen molar-refractivity contribution >= 4 is 23.4 Å². The average Bonchev–Trinajstić information content (AvgIpc) is 2.82. The number of aromatic nitrogens is 1. The molecule has 24 heavy (non-hydrogen) atoms. The molecule has 0 bridgehead atoms. The van der Waals surface area contributed by atoms with Crippen LogP contribution in [0.25, 0.3) is 0 Å². The van der Waals surface area contributed by atoms with Gasteiger partial charge in [-0.05, 0) is 43.3 Å². The minimum absolute atomic E-state index is 0.0800. The Bertz CT molecular complexity index is 767. The van der Waals surface area contributed by atoms with Gasteiger partial charge in [0.1, 0.15) is 18.0 Å². The monoisotopic (exact) mass is 325 g/mol. The molecule has 1 aliphatic heterocycles. The van der Waals surface area contributed by atoms with E-state index in [1.807, 2.05) is 6.92 Å². The Morgan fingerprint density at radius 2 is 1.92 bits per heavy atom. The van der Waals surface area contributed by atoms with E-state index in [1.165, 1.54) is 12.3 Å². The fourth-order valence-corrected chi connectivity index (χ4v) is 2.40. The zero-order valence-corrected chi connectivity index (χ0v) is 13.0. The molecule has 0 radical (unpaired) electrons. The molecule has 0 atom stereocenters. The fourth-order valence-electron chi connectivity index (χ4n) is 2.40. The SMILES string of the molecule is CCOc1ccc(NC(=O)CN2C(=O)c3cccnc3C2=O)cc1. The molecule has 7 heteroatoms. The van der Waals surface area contributed by atoms with Gasteiger partial charge >= 0.3 is 0 Å². The predicted molar refractivity (Wildman–Crippen MR) is 85.8 cm³/mol. The molecule has 0 spiro atoms. The molecular formula is C17H15N3O4. The van der Waals surface area contributed by atoms with Crippen LogP contribution in [-0.2, 0) is 4.79 Å². The number of imide groups is 1. The van der Waals surface area contributed by atoms with E-state index >= 15 is 0 Å². The lowest BCUT2D eigenvalue weighted by Crippen LogP contribution is -2.37. The Hall–Kier alpha value is -3.22. The number of nitrogens with zero attached hydrogens (tertiary/aromatic N) is 2. The van der Waals surface area contributed by atoms with Crippen molar-refractivity contribution in [3.05, 3.63) is 53.9 Å². The smallest absolute Gasteiger partial charge is 0.280 e. The third-order valence-electron chi connectivity index (χ3n) is 3.48. The molecule has 2 aromatic rings. The zero-order chi connectivity index (χ0) is 17.1. The van der Waals surface area contributed by atoms with Crippen LogP contribution in [-0.4, -0.2) is 40.8 Å². The third kappa shape index (κ3) is 2.96. The number of nitrogens with one attached hydrogen (secondary N) is 1. The predicted octanol–water partition coefficient (Wildman–Crippen LogP) is 1.72. The first kappa shape index (κ1) is 15.7. The van der Waals surface area contributed by atoms with Gasteiger partial charge in [0.15, 0.2) is 0 Å². The van der Waals surface area contributed by atoms with E-state index in [-0.39, 0.29) is 17.8 Å². The lowest BCUT2D eigenvalue weighted by molar-refractivity contribution is -0.116. The van der Waals surface area contributed by atoms with Crippen molar-refractivity contribution in [1.29, 1.82) is 0 Å². The number of fused-ring (bicyclic) bond motifs is 1. The number of rotatable bonds is 5. The van der Waals surface area contributed by atoms with Crippen LogP contribution >= 0.6 is 0 Å². The Morgan fingerprint density at radius 3 is 2.58 bits per heavy atom. The number of amides is 3. The van der Waals surface area contributed by atoms with Gasteiger partial charge in [-0.3, -0.25) is 24.3 Å². The van der Waals surface area contributed by atoms with E-state index in [4.69, 9.17) is 4.74 Å². The van der Waals surface area contributed by atoms with Crippen LogP contribution in [0.4, 0.5) is 5.69 Å². The summed E-state index contributed by atoms with van der Waals surface area (Å²) in [5, 5.41) is 2.65. The molecule has 0 unspecified atom stereocenters. The summed E-state index contributed by atoms with van der Waals surface area (Å²) in [4.78, 5) is 41.2. The highest BCUT2D eigenvalue weighted by molar-refractivity contribution is 6.21. The second kappa shape index (κ2) is 6.49. The quantitative estimate of drug-likeness (QED) is 0.846. The van der Waals surface area contributed by atoms with Crippen molar-refractivity contribution in [2.75, 3.05) is 18.5 Å². The van der Waals surface area contributed by atoms with Crippen molar-refractivity contribution in [2.45, 2.75) is 6.92 Å².